The molecule has 0 radical (unpaired) electrons. The van der Waals surface area contributed by atoms with E-state index in [0.29, 0.717) is 13.1 Å². The lowest BCUT2D eigenvalue weighted by atomic mass is 10.2. The van der Waals surface area contributed by atoms with E-state index in [0.717, 1.165) is 4.88 Å². The van der Waals surface area contributed by atoms with Crippen LogP contribution in [0.5, 0.6) is 5.75 Å². The average Bonchev–Trinajstić information content (AvgIpc) is 2.82. The Morgan fingerprint density at radius 1 is 1.35 bits per heavy atom. The zero-order valence-electron chi connectivity index (χ0n) is 12.3. The molecule has 1 aromatic rings. The zero-order valence-corrected chi connectivity index (χ0v) is 13.1. The largest absolute Gasteiger partial charge is 0.482 e. The molecule has 1 heterocycles. The lowest BCUT2D eigenvalue weighted by molar-refractivity contribution is -0.132. The van der Waals surface area contributed by atoms with Gasteiger partial charge in [0.2, 0.25) is 0 Å². The Kier molecular flexibility index (Phi) is 6.01. The van der Waals surface area contributed by atoms with Crippen molar-refractivity contribution in [1.29, 1.82) is 0 Å². The standard InChI is InChI=1S/C14H21NO4S/c1-5-15(6-2)12(16)8-19-10-7-11(9(3)4)20-13(10)14(17)18/h7,9H,5-6,8H2,1-4H3,(H,17,18). The van der Waals surface area contributed by atoms with Gasteiger partial charge in [-0.2, -0.15) is 0 Å². The molecule has 0 unspecified atom stereocenters. The van der Waals surface area contributed by atoms with Gasteiger partial charge in [0.25, 0.3) is 5.91 Å². The van der Waals surface area contributed by atoms with Gasteiger partial charge in [-0.3, -0.25) is 4.79 Å². The summed E-state index contributed by atoms with van der Waals surface area (Å²) in [5, 5.41) is 9.16. The number of hydrogen-bond donors (Lipinski definition) is 1. The summed E-state index contributed by atoms with van der Waals surface area (Å²) in [4.78, 5) is 25.8. The Hall–Kier alpha value is -1.56. The molecule has 0 saturated carbocycles. The van der Waals surface area contributed by atoms with Crippen molar-refractivity contribution in [2.75, 3.05) is 19.7 Å². The molecule has 0 atom stereocenters. The number of hydrogen-bond acceptors (Lipinski definition) is 4. The maximum atomic E-state index is 11.9. The van der Waals surface area contributed by atoms with Gasteiger partial charge in [0.1, 0.15) is 5.75 Å². The fourth-order valence-corrected chi connectivity index (χ4v) is 2.68. The Bertz CT molecular complexity index is 478. The van der Waals surface area contributed by atoms with Gasteiger partial charge in [0.05, 0.1) is 0 Å². The minimum absolute atomic E-state index is 0.129. The third-order valence-corrected chi connectivity index (χ3v) is 4.35. The number of likely N-dealkylation sites (N-methyl/N-ethyl adjacent to an activating group) is 1. The predicted molar refractivity (Wildman–Crippen MR) is 78.8 cm³/mol. The summed E-state index contributed by atoms with van der Waals surface area (Å²) in [6.45, 7) is 8.87. The molecule has 0 aromatic carbocycles. The molecule has 0 aliphatic carbocycles. The van der Waals surface area contributed by atoms with Gasteiger partial charge in [-0.15, -0.1) is 11.3 Å². The predicted octanol–water partition coefficient (Wildman–Crippen LogP) is 2.82. The zero-order chi connectivity index (χ0) is 15.3. The number of amides is 1. The number of carbonyl (C=O) groups is 2. The Morgan fingerprint density at radius 2 is 1.95 bits per heavy atom. The second kappa shape index (κ2) is 7.28. The molecule has 6 heteroatoms. The maximum absolute atomic E-state index is 11.9. The average molecular weight is 299 g/mol. The first-order valence-corrected chi connectivity index (χ1v) is 7.49. The molecule has 0 fully saturated rings. The Labute approximate surface area is 123 Å². The van der Waals surface area contributed by atoms with Gasteiger partial charge >= 0.3 is 5.97 Å². The number of aromatic carboxylic acids is 1. The molecule has 20 heavy (non-hydrogen) atoms. The fraction of sp³-hybridized carbons (Fsp3) is 0.571. The van der Waals surface area contributed by atoms with Crippen LogP contribution in [0.2, 0.25) is 0 Å². The van der Waals surface area contributed by atoms with Gasteiger partial charge in [-0.25, -0.2) is 4.79 Å². The van der Waals surface area contributed by atoms with E-state index < -0.39 is 5.97 Å². The third kappa shape index (κ3) is 3.96. The second-order valence-corrected chi connectivity index (χ2v) is 5.74. The number of ether oxygens (including phenoxy) is 1. The number of rotatable bonds is 7. The molecule has 5 nitrogen and oxygen atoms in total. The van der Waals surface area contributed by atoms with E-state index in [1.165, 1.54) is 11.3 Å². The molecule has 0 aliphatic rings. The van der Waals surface area contributed by atoms with Crippen LogP contribution >= 0.6 is 11.3 Å². The smallest absolute Gasteiger partial charge is 0.349 e. The number of thiophene rings is 1. The van der Waals surface area contributed by atoms with Crippen molar-refractivity contribution in [3.8, 4) is 5.75 Å². The third-order valence-electron chi connectivity index (χ3n) is 2.95. The quantitative estimate of drug-likeness (QED) is 0.840. The van der Waals surface area contributed by atoms with Crippen molar-refractivity contribution >= 4 is 23.2 Å². The summed E-state index contributed by atoms with van der Waals surface area (Å²) in [5.41, 5.74) is 0. The topological polar surface area (TPSA) is 66.8 Å². The first-order valence-electron chi connectivity index (χ1n) is 6.68. The van der Waals surface area contributed by atoms with Crippen LogP contribution in [-0.2, 0) is 4.79 Å². The normalized spacial score (nSPS) is 10.7. The lowest BCUT2D eigenvalue weighted by Crippen LogP contribution is -2.34. The molecule has 0 spiro atoms. The summed E-state index contributed by atoms with van der Waals surface area (Å²) in [6.07, 6.45) is 0. The van der Waals surface area contributed by atoms with Crippen LogP contribution < -0.4 is 4.74 Å². The van der Waals surface area contributed by atoms with E-state index in [1.807, 2.05) is 27.7 Å². The molecule has 1 amide bonds. The van der Waals surface area contributed by atoms with Crippen LogP contribution in [0.1, 0.15) is 48.2 Å². The highest BCUT2D eigenvalue weighted by atomic mass is 32.1. The molecule has 0 saturated heterocycles. The van der Waals surface area contributed by atoms with Crippen molar-refractivity contribution in [1.82, 2.24) is 4.90 Å². The summed E-state index contributed by atoms with van der Waals surface area (Å²) >= 11 is 1.20. The molecule has 1 aromatic heterocycles. The first kappa shape index (κ1) is 16.5. The summed E-state index contributed by atoms with van der Waals surface area (Å²) in [6, 6.07) is 1.72. The molecular formula is C14H21NO4S. The Morgan fingerprint density at radius 3 is 2.40 bits per heavy atom. The minimum Gasteiger partial charge on any atom is -0.482 e. The van der Waals surface area contributed by atoms with Gasteiger partial charge < -0.3 is 14.7 Å². The van der Waals surface area contributed by atoms with Gasteiger partial charge in [-0.05, 0) is 25.8 Å². The van der Waals surface area contributed by atoms with E-state index >= 15 is 0 Å². The van der Waals surface area contributed by atoms with Crippen LogP contribution in [0.15, 0.2) is 6.07 Å². The summed E-state index contributed by atoms with van der Waals surface area (Å²) in [5.74, 6) is -0.642. The van der Waals surface area contributed by atoms with Crippen LogP contribution in [0, 0.1) is 0 Å². The second-order valence-electron chi connectivity index (χ2n) is 4.66. The van der Waals surface area contributed by atoms with Crippen molar-refractivity contribution in [3.63, 3.8) is 0 Å². The van der Waals surface area contributed by atoms with Gasteiger partial charge in [0.15, 0.2) is 11.5 Å². The van der Waals surface area contributed by atoms with E-state index in [1.54, 1.807) is 11.0 Å². The molecule has 1 N–H and O–H groups in total. The molecule has 1 rings (SSSR count). The maximum Gasteiger partial charge on any atom is 0.349 e. The van der Waals surface area contributed by atoms with Crippen molar-refractivity contribution in [2.24, 2.45) is 0 Å². The van der Waals surface area contributed by atoms with Crippen LogP contribution in [0.25, 0.3) is 0 Å². The lowest BCUT2D eigenvalue weighted by Gasteiger charge is -2.18. The molecular weight excluding hydrogens is 278 g/mol. The van der Waals surface area contributed by atoms with Gasteiger partial charge in [-0.1, -0.05) is 13.8 Å². The number of carboxylic acid groups (broad SMARTS) is 1. The number of carboxylic acids is 1. The van der Waals surface area contributed by atoms with E-state index in [9.17, 15) is 9.59 Å². The van der Waals surface area contributed by atoms with Crippen molar-refractivity contribution < 1.29 is 19.4 Å². The van der Waals surface area contributed by atoms with E-state index in [-0.39, 0.29) is 29.1 Å². The number of carbonyl (C=O) groups excluding carboxylic acids is 1. The first-order chi connectivity index (χ1) is 9.40. The minimum atomic E-state index is -1.02. The monoisotopic (exact) mass is 299 g/mol. The van der Waals surface area contributed by atoms with Crippen LogP contribution in [-0.4, -0.2) is 41.6 Å². The molecule has 0 bridgehead atoms. The van der Waals surface area contributed by atoms with Crippen molar-refractivity contribution in [3.05, 3.63) is 15.8 Å². The number of nitrogens with zero attached hydrogens (tertiary/aromatic N) is 1. The molecule has 0 aliphatic heterocycles. The van der Waals surface area contributed by atoms with E-state index in [2.05, 4.69) is 0 Å². The Balaban J connectivity index is 2.81. The van der Waals surface area contributed by atoms with Gasteiger partial charge in [0, 0.05) is 18.0 Å². The summed E-state index contributed by atoms with van der Waals surface area (Å²) < 4.78 is 5.41. The van der Waals surface area contributed by atoms with Crippen LogP contribution in [0.3, 0.4) is 0 Å². The summed E-state index contributed by atoms with van der Waals surface area (Å²) in [7, 11) is 0. The molecule has 112 valence electrons. The highest BCUT2D eigenvalue weighted by Crippen LogP contribution is 2.33. The highest BCUT2D eigenvalue weighted by Gasteiger charge is 2.20. The highest BCUT2D eigenvalue weighted by molar-refractivity contribution is 7.14. The van der Waals surface area contributed by atoms with Crippen LogP contribution in [0.4, 0.5) is 0 Å². The fourth-order valence-electron chi connectivity index (χ4n) is 1.74. The van der Waals surface area contributed by atoms with E-state index in [4.69, 9.17) is 9.84 Å². The van der Waals surface area contributed by atoms with Crippen molar-refractivity contribution in [2.45, 2.75) is 33.6 Å². The SMILES string of the molecule is CCN(CC)C(=O)COc1cc(C(C)C)sc1C(=O)O.